The number of fused-ring (bicyclic) bond motifs is 1. The Morgan fingerprint density at radius 2 is 2.08 bits per heavy atom. The van der Waals surface area contributed by atoms with Gasteiger partial charge in [-0.3, -0.25) is 4.79 Å². The molecule has 10 heteroatoms. The van der Waals surface area contributed by atoms with Crippen LogP contribution in [0.3, 0.4) is 0 Å². The van der Waals surface area contributed by atoms with Crippen LogP contribution in [0.15, 0.2) is 30.5 Å². The van der Waals surface area contributed by atoms with Gasteiger partial charge in [0.1, 0.15) is 29.3 Å². The Bertz CT molecular complexity index is 1320. The van der Waals surface area contributed by atoms with Crippen LogP contribution in [-0.4, -0.2) is 46.2 Å². The summed E-state index contributed by atoms with van der Waals surface area (Å²) in [5.74, 6) is 1.50. The van der Waals surface area contributed by atoms with Gasteiger partial charge in [0, 0.05) is 24.0 Å². The van der Waals surface area contributed by atoms with E-state index in [2.05, 4.69) is 16.4 Å². The molecule has 194 valence electrons. The lowest BCUT2D eigenvalue weighted by Gasteiger charge is -2.26. The first-order valence-corrected chi connectivity index (χ1v) is 13.2. The lowest BCUT2D eigenvalue weighted by Crippen LogP contribution is -2.36. The van der Waals surface area contributed by atoms with Crippen molar-refractivity contribution >= 4 is 28.3 Å². The van der Waals surface area contributed by atoms with Gasteiger partial charge >= 0.3 is 6.09 Å². The number of aryl methyl sites for hydroxylation is 3. The molecule has 3 aromatic rings. The summed E-state index contributed by atoms with van der Waals surface area (Å²) < 4.78 is 13.1. The van der Waals surface area contributed by atoms with E-state index in [1.165, 1.54) is 11.3 Å². The molecule has 0 unspecified atom stereocenters. The number of anilines is 1. The normalized spacial score (nSPS) is 12.5. The zero-order valence-corrected chi connectivity index (χ0v) is 22.2. The van der Waals surface area contributed by atoms with Crippen molar-refractivity contribution < 1.29 is 19.1 Å². The number of aromatic nitrogens is 2. The lowest BCUT2D eigenvalue weighted by atomic mass is 10.0. The number of benzene rings is 1. The molecule has 0 saturated heterocycles. The van der Waals surface area contributed by atoms with Gasteiger partial charge in [0.05, 0.1) is 31.0 Å². The van der Waals surface area contributed by atoms with Gasteiger partial charge in [-0.25, -0.2) is 9.78 Å². The molecule has 0 atom stereocenters. The summed E-state index contributed by atoms with van der Waals surface area (Å²) in [7, 11) is 0. The quantitative estimate of drug-likeness (QED) is 0.441. The molecule has 3 heterocycles. The molecule has 0 fully saturated rings. The predicted octanol–water partition coefficient (Wildman–Crippen LogP) is 4.60. The molecule has 0 bridgehead atoms. The van der Waals surface area contributed by atoms with Crippen molar-refractivity contribution in [1.29, 1.82) is 5.26 Å². The van der Waals surface area contributed by atoms with Crippen molar-refractivity contribution in [2.24, 2.45) is 0 Å². The van der Waals surface area contributed by atoms with Crippen molar-refractivity contribution in [3.05, 3.63) is 63.5 Å². The van der Waals surface area contributed by atoms with E-state index in [1.54, 1.807) is 4.90 Å². The Morgan fingerprint density at radius 3 is 2.81 bits per heavy atom. The predicted molar refractivity (Wildman–Crippen MR) is 141 cm³/mol. The second-order valence-electron chi connectivity index (χ2n) is 8.82. The Morgan fingerprint density at radius 1 is 1.27 bits per heavy atom. The molecule has 37 heavy (non-hydrogen) atoms. The van der Waals surface area contributed by atoms with E-state index in [4.69, 9.17) is 9.47 Å². The molecule has 4 rings (SSSR count). The van der Waals surface area contributed by atoms with Gasteiger partial charge in [0.25, 0.3) is 0 Å². The molecule has 9 nitrogen and oxygen atoms in total. The first kappa shape index (κ1) is 26.2. The number of nitriles is 1. The van der Waals surface area contributed by atoms with E-state index in [0.29, 0.717) is 49.6 Å². The highest BCUT2D eigenvalue weighted by Crippen LogP contribution is 2.37. The molecule has 0 aliphatic carbocycles. The second kappa shape index (κ2) is 11.9. The first-order valence-electron chi connectivity index (χ1n) is 12.4. The lowest BCUT2D eigenvalue weighted by molar-refractivity contribution is -0.116. The Kier molecular flexibility index (Phi) is 8.46. The minimum absolute atomic E-state index is 0.164. The summed E-state index contributed by atoms with van der Waals surface area (Å²) in [4.78, 5) is 32.3. The smallest absolute Gasteiger partial charge is 0.410 e. The van der Waals surface area contributed by atoms with E-state index in [0.717, 1.165) is 33.3 Å². The van der Waals surface area contributed by atoms with Crippen LogP contribution in [0.25, 0.3) is 0 Å². The molecule has 1 aliphatic heterocycles. The van der Waals surface area contributed by atoms with E-state index in [9.17, 15) is 14.9 Å². The van der Waals surface area contributed by atoms with Crippen molar-refractivity contribution in [2.45, 2.75) is 53.1 Å². The van der Waals surface area contributed by atoms with Crippen LogP contribution in [-0.2, 0) is 35.5 Å². The molecule has 2 aromatic heterocycles. The van der Waals surface area contributed by atoms with Gasteiger partial charge in [-0.2, -0.15) is 5.26 Å². The van der Waals surface area contributed by atoms with Gasteiger partial charge in [0.2, 0.25) is 5.91 Å². The van der Waals surface area contributed by atoms with Crippen molar-refractivity contribution in [3.63, 3.8) is 0 Å². The number of hydrogen-bond acceptors (Lipinski definition) is 7. The maximum absolute atomic E-state index is 12.7. The molecule has 2 amide bonds. The minimum Gasteiger partial charge on any atom is -0.494 e. The zero-order chi connectivity index (χ0) is 26.4. The fourth-order valence-corrected chi connectivity index (χ4v) is 5.66. The highest BCUT2D eigenvalue weighted by atomic mass is 32.1. The van der Waals surface area contributed by atoms with Gasteiger partial charge in [-0.05, 0) is 50.8 Å². The Labute approximate surface area is 220 Å². The van der Waals surface area contributed by atoms with Crippen LogP contribution in [0.2, 0.25) is 0 Å². The number of para-hydroxylation sites is 1. The Hall–Kier alpha value is -3.84. The largest absolute Gasteiger partial charge is 0.494 e. The monoisotopic (exact) mass is 521 g/mol. The number of hydrogen-bond donors (Lipinski definition) is 1. The number of thiophene rings is 1. The maximum Gasteiger partial charge on any atom is 0.410 e. The molecule has 1 N–H and O–H groups in total. The van der Waals surface area contributed by atoms with E-state index in [-0.39, 0.29) is 25.0 Å². The van der Waals surface area contributed by atoms with Crippen molar-refractivity contribution in [2.75, 3.05) is 25.1 Å². The third kappa shape index (κ3) is 6.30. The number of nitrogens with one attached hydrogen (secondary N) is 1. The number of carbonyl (C=O) groups excluding carboxylic acids is 2. The summed E-state index contributed by atoms with van der Waals surface area (Å²) in [5.41, 5.74) is 3.29. The number of ether oxygens (including phenoxy) is 2. The molecule has 1 aliphatic rings. The fraction of sp³-hybridized carbons (Fsp3) is 0.407. The maximum atomic E-state index is 12.7. The molecular weight excluding hydrogens is 490 g/mol. The van der Waals surface area contributed by atoms with Crippen LogP contribution in [0.1, 0.15) is 46.4 Å². The summed E-state index contributed by atoms with van der Waals surface area (Å²) in [6.45, 7) is 7.94. The number of carbonyl (C=O) groups is 2. The second-order valence-corrected chi connectivity index (χ2v) is 9.92. The SMILES string of the molecule is CCOc1ccccc1CCC(=O)Nc1sc2c(c1C#N)CCN(C(=O)OCCn1cc(C)nc1C)C2. The first-order chi connectivity index (χ1) is 17.9. The standard InChI is InChI=1S/C27H31N5O4S/c1-4-35-23-8-6-5-7-20(23)9-10-25(33)30-26-22(15-28)21-11-12-32(17-24(21)37-26)27(34)36-14-13-31-16-18(2)29-19(31)3/h5-8,16H,4,9-14,17H2,1-3H3,(H,30,33). The summed E-state index contributed by atoms with van der Waals surface area (Å²) >= 11 is 1.35. The Balaban J connectivity index is 1.34. The van der Waals surface area contributed by atoms with Crippen LogP contribution >= 0.6 is 11.3 Å². The summed E-state index contributed by atoms with van der Waals surface area (Å²) in [6.07, 6.45) is 2.89. The topological polar surface area (TPSA) is 109 Å². The summed E-state index contributed by atoms with van der Waals surface area (Å²) in [6, 6.07) is 9.93. The third-order valence-corrected chi connectivity index (χ3v) is 7.36. The van der Waals surface area contributed by atoms with Crippen LogP contribution in [0.4, 0.5) is 9.80 Å². The molecule has 0 spiro atoms. The van der Waals surface area contributed by atoms with Crippen LogP contribution < -0.4 is 10.1 Å². The average Bonchev–Trinajstić information content (AvgIpc) is 3.40. The summed E-state index contributed by atoms with van der Waals surface area (Å²) in [5, 5.41) is 13.2. The van der Waals surface area contributed by atoms with Gasteiger partial charge in [0.15, 0.2) is 0 Å². The van der Waals surface area contributed by atoms with Crippen LogP contribution in [0.5, 0.6) is 5.75 Å². The number of rotatable bonds is 9. The van der Waals surface area contributed by atoms with Gasteiger partial charge < -0.3 is 24.3 Å². The van der Waals surface area contributed by atoms with E-state index < -0.39 is 0 Å². The van der Waals surface area contributed by atoms with Gasteiger partial charge in [-0.1, -0.05) is 18.2 Å². The highest BCUT2D eigenvalue weighted by molar-refractivity contribution is 7.16. The molecular formula is C27H31N5O4S. The molecule has 0 saturated carbocycles. The minimum atomic E-state index is -0.384. The number of nitrogens with zero attached hydrogens (tertiary/aromatic N) is 4. The zero-order valence-electron chi connectivity index (χ0n) is 21.4. The van der Waals surface area contributed by atoms with Crippen molar-refractivity contribution in [3.8, 4) is 11.8 Å². The van der Waals surface area contributed by atoms with E-state index in [1.807, 2.05) is 55.8 Å². The average molecular weight is 522 g/mol. The third-order valence-electron chi connectivity index (χ3n) is 6.23. The van der Waals surface area contributed by atoms with Crippen LogP contribution in [0, 0.1) is 25.2 Å². The van der Waals surface area contributed by atoms with Crippen molar-refractivity contribution in [1.82, 2.24) is 14.5 Å². The van der Waals surface area contributed by atoms with E-state index >= 15 is 0 Å². The molecule has 1 aromatic carbocycles. The highest BCUT2D eigenvalue weighted by Gasteiger charge is 2.28. The fourth-order valence-electron chi connectivity index (χ4n) is 4.43. The number of imidazole rings is 1. The molecule has 0 radical (unpaired) electrons. The number of amides is 2. The van der Waals surface area contributed by atoms with Gasteiger partial charge in [-0.15, -0.1) is 11.3 Å².